The topological polar surface area (TPSA) is 54.3 Å². The second-order valence-corrected chi connectivity index (χ2v) is 12.2. The predicted octanol–water partition coefficient (Wildman–Crippen LogP) is 9.25. The molecule has 1 aliphatic rings. The van der Waals surface area contributed by atoms with Gasteiger partial charge in [-0.2, -0.15) is 38.1 Å². The number of thioether (sulfide) groups is 1. The fraction of sp³-hybridized carbons (Fsp3) is 0.267. The molecule has 0 fully saturated rings. The van der Waals surface area contributed by atoms with Crippen LogP contribution in [-0.4, -0.2) is 46.8 Å². The van der Waals surface area contributed by atoms with E-state index in [-0.39, 0.29) is 44.6 Å². The van der Waals surface area contributed by atoms with Crippen molar-refractivity contribution in [2.45, 2.75) is 37.5 Å². The van der Waals surface area contributed by atoms with Gasteiger partial charge in [0.05, 0.1) is 27.5 Å². The lowest BCUT2D eigenvalue weighted by molar-refractivity contribution is -0.348. The lowest BCUT2D eigenvalue weighted by Crippen LogP contribution is -2.50. The number of anilines is 2. The van der Waals surface area contributed by atoms with Gasteiger partial charge in [0, 0.05) is 46.0 Å². The molecule has 5 rings (SSSR count). The number of amides is 2. The van der Waals surface area contributed by atoms with Crippen LogP contribution in [0.15, 0.2) is 60.8 Å². The van der Waals surface area contributed by atoms with Crippen molar-refractivity contribution in [3.05, 3.63) is 93.1 Å². The third kappa shape index (κ3) is 5.63. The third-order valence-electron chi connectivity index (χ3n) is 7.46. The van der Waals surface area contributed by atoms with E-state index in [2.05, 4.69) is 5.32 Å². The normalized spacial score (nSPS) is 15.0. The van der Waals surface area contributed by atoms with Crippen molar-refractivity contribution in [2.75, 3.05) is 22.2 Å². The van der Waals surface area contributed by atoms with Crippen molar-refractivity contribution >= 4 is 69.1 Å². The van der Waals surface area contributed by atoms with Crippen molar-refractivity contribution in [3.63, 3.8) is 0 Å². The quantitative estimate of drug-likeness (QED) is 0.205. The molecule has 1 aromatic heterocycles. The molecule has 0 aliphatic carbocycles. The van der Waals surface area contributed by atoms with E-state index in [0.29, 0.717) is 17.5 Å². The number of fused-ring (bicyclic) bond motifs is 3. The second kappa shape index (κ2) is 11.7. The molecule has 0 unspecified atom stereocenters. The van der Waals surface area contributed by atoms with Crippen LogP contribution >= 0.6 is 35.0 Å². The monoisotopic (exact) mass is 691 g/mol. The Kier molecular flexibility index (Phi) is 8.60. The fourth-order valence-corrected chi connectivity index (χ4v) is 6.48. The Balaban J connectivity index is 1.67. The maximum atomic E-state index is 15.3. The molecule has 45 heavy (non-hydrogen) atoms. The maximum absolute atomic E-state index is 15.3. The molecule has 0 saturated heterocycles. The van der Waals surface area contributed by atoms with Gasteiger partial charge in [-0.25, -0.2) is 4.39 Å². The van der Waals surface area contributed by atoms with E-state index in [1.54, 1.807) is 6.92 Å². The molecule has 2 heterocycles. The number of halogens is 9. The van der Waals surface area contributed by atoms with Crippen LogP contribution in [0.1, 0.15) is 38.8 Å². The minimum absolute atomic E-state index is 0.0304. The molecule has 1 N–H and O–H groups in total. The van der Waals surface area contributed by atoms with Crippen LogP contribution in [0.25, 0.3) is 10.9 Å². The summed E-state index contributed by atoms with van der Waals surface area (Å²) in [4.78, 5) is 28.6. The zero-order valence-corrected chi connectivity index (χ0v) is 25.6. The highest BCUT2D eigenvalue weighted by molar-refractivity contribution is 7.98. The summed E-state index contributed by atoms with van der Waals surface area (Å²) in [5.41, 5.74) is -6.69. The van der Waals surface area contributed by atoms with Gasteiger partial charge in [-0.1, -0.05) is 35.3 Å². The summed E-state index contributed by atoms with van der Waals surface area (Å²) in [5, 5.41) is 1.94. The number of carbonyl (C=O) groups is 2. The van der Waals surface area contributed by atoms with Gasteiger partial charge < -0.3 is 14.8 Å². The average molecular weight is 692 g/mol. The van der Waals surface area contributed by atoms with Gasteiger partial charge in [-0.3, -0.25) is 9.59 Å². The van der Waals surface area contributed by atoms with E-state index >= 15 is 4.39 Å². The van der Waals surface area contributed by atoms with Crippen LogP contribution in [0, 0.1) is 0 Å². The van der Waals surface area contributed by atoms with Crippen LogP contribution in [0.2, 0.25) is 10.0 Å². The van der Waals surface area contributed by atoms with Crippen molar-refractivity contribution in [3.8, 4) is 0 Å². The Hall–Kier alpha value is -3.42. The first-order valence-corrected chi connectivity index (χ1v) is 15.3. The Labute approximate surface area is 266 Å². The van der Waals surface area contributed by atoms with Gasteiger partial charge >= 0.3 is 18.0 Å². The van der Waals surface area contributed by atoms with Crippen molar-refractivity contribution in [2.24, 2.45) is 0 Å². The van der Waals surface area contributed by atoms with E-state index in [0.717, 1.165) is 10.6 Å². The number of alkyl halides is 7. The van der Waals surface area contributed by atoms with Crippen LogP contribution in [-0.2, 0) is 12.2 Å². The zero-order chi connectivity index (χ0) is 33.1. The van der Waals surface area contributed by atoms with E-state index in [1.807, 2.05) is 6.26 Å². The zero-order valence-electron chi connectivity index (χ0n) is 23.3. The van der Waals surface area contributed by atoms with Crippen LogP contribution in [0.5, 0.6) is 0 Å². The molecule has 5 nitrogen and oxygen atoms in total. The van der Waals surface area contributed by atoms with Gasteiger partial charge in [0.1, 0.15) is 0 Å². The van der Waals surface area contributed by atoms with E-state index in [1.165, 1.54) is 65.2 Å². The summed E-state index contributed by atoms with van der Waals surface area (Å²) < 4.78 is 99.0. The summed E-state index contributed by atoms with van der Waals surface area (Å²) in [6, 6.07) is 11.7. The molecular formula is C30H22Cl2F7N3O2S. The van der Waals surface area contributed by atoms with Crippen LogP contribution in [0.4, 0.5) is 42.1 Å². The highest BCUT2D eigenvalue weighted by Gasteiger charge is 2.74. The maximum Gasteiger partial charge on any atom is 0.436 e. The molecule has 15 heteroatoms. The van der Waals surface area contributed by atoms with E-state index < -0.39 is 46.8 Å². The fourth-order valence-electron chi connectivity index (χ4n) is 5.42. The van der Waals surface area contributed by atoms with Gasteiger partial charge in [-0.05, 0) is 61.2 Å². The summed E-state index contributed by atoms with van der Waals surface area (Å²) >= 11 is 13.7. The summed E-state index contributed by atoms with van der Waals surface area (Å²) in [6.45, 7) is 1.44. The number of benzene rings is 3. The molecule has 1 aliphatic heterocycles. The summed E-state index contributed by atoms with van der Waals surface area (Å²) in [6.07, 6.45) is -10.4. The molecule has 0 radical (unpaired) electrons. The molecule has 0 bridgehead atoms. The average Bonchev–Trinajstić information content (AvgIpc) is 3.29. The molecule has 0 saturated carbocycles. The Bertz CT molecular complexity index is 1810. The lowest BCUT2D eigenvalue weighted by Gasteiger charge is -2.33. The van der Waals surface area contributed by atoms with E-state index in [9.17, 15) is 35.9 Å². The lowest BCUT2D eigenvalue weighted by atomic mass is 9.94. The number of nitrogens with zero attached hydrogens (tertiary/aromatic N) is 2. The largest absolute Gasteiger partial charge is 0.436 e. The number of hydrogen-bond donors (Lipinski definition) is 1. The number of nitrogens with one attached hydrogen (secondary N) is 1. The van der Waals surface area contributed by atoms with Gasteiger partial charge in [-0.15, -0.1) is 0 Å². The Morgan fingerprint density at radius 2 is 1.62 bits per heavy atom. The first kappa shape index (κ1) is 33.0. The molecule has 4 aromatic rings. The highest BCUT2D eigenvalue weighted by atomic mass is 35.5. The summed E-state index contributed by atoms with van der Waals surface area (Å²) in [5.74, 6) is -0.724. The molecule has 2 amide bonds. The molecule has 1 atom stereocenters. The number of carbonyl (C=O) groups excluding carboxylic acids is 2. The van der Waals surface area contributed by atoms with Crippen molar-refractivity contribution in [1.82, 2.24) is 4.57 Å². The van der Waals surface area contributed by atoms with Crippen molar-refractivity contribution in [1.29, 1.82) is 0 Å². The minimum Gasteiger partial charge on any atom is -0.343 e. The van der Waals surface area contributed by atoms with Gasteiger partial charge in [0.2, 0.25) is 0 Å². The van der Waals surface area contributed by atoms with Crippen LogP contribution in [0.3, 0.4) is 0 Å². The SMILES string of the molecule is CSC[C@H](C)N1C(=O)c2c(Cl)cccc2C(=O)Nc2ccc(Cn3cc(C(F)(C(F)(F)F)C(F)(F)F)c4cc(Cl)ccc43)cc21. The van der Waals surface area contributed by atoms with E-state index in [4.69, 9.17) is 23.2 Å². The predicted molar refractivity (Wildman–Crippen MR) is 161 cm³/mol. The van der Waals surface area contributed by atoms with Crippen LogP contribution < -0.4 is 10.2 Å². The molecule has 238 valence electrons. The molecule has 3 aromatic carbocycles. The summed E-state index contributed by atoms with van der Waals surface area (Å²) in [7, 11) is 0. The van der Waals surface area contributed by atoms with Gasteiger partial charge in [0.15, 0.2) is 0 Å². The second-order valence-electron chi connectivity index (χ2n) is 10.4. The first-order chi connectivity index (χ1) is 21.0. The Morgan fingerprint density at radius 3 is 2.27 bits per heavy atom. The Morgan fingerprint density at radius 1 is 0.933 bits per heavy atom. The molecular weight excluding hydrogens is 670 g/mol. The number of aromatic nitrogens is 1. The first-order valence-electron chi connectivity index (χ1n) is 13.2. The minimum atomic E-state index is -6.33. The standard InChI is InChI=1S/C30H22Cl2F7N3O2S/c1-15(14-45-2)42-24-10-16(6-8-22(24)40-26(43)18-4-3-5-21(32)25(18)27(42)44)12-41-13-20(19-11-17(31)7-9-23(19)41)28(33,29(34,35)36)30(37,38)39/h3-11,13,15H,12,14H2,1-2H3,(H,40,43)/t15-/m0/s1. The molecule has 0 spiro atoms. The van der Waals surface area contributed by atoms with Gasteiger partial charge in [0.25, 0.3) is 11.8 Å². The third-order valence-corrected chi connectivity index (χ3v) is 8.82. The number of rotatable bonds is 6. The highest BCUT2D eigenvalue weighted by Crippen LogP contribution is 2.55. The van der Waals surface area contributed by atoms with Crippen molar-refractivity contribution < 1.29 is 40.3 Å². The smallest absolute Gasteiger partial charge is 0.343 e. The number of hydrogen-bond acceptors (Lipinski definition) is 3.